The van der Waals surface area contributed by atoms with Crippen molar-refractivity contribution in [2.24, 2.45) is 0 Å². The van der Waals surface area contributed by atoms with E-state index in [1.165, 1.54) is 42.8 Å². The van der Waals surface area contributed by atoms with E-state index >= 15 is 0 Å². The fourth-order valence-electron chi connectivity index (χ4n) is 3.97. The number of piperazine rings is 1. The molecule has 2 heterocycles. The summed E-state index contributed by atoms with van der Waals surface area (Å²) in [7, 11) is 0. The van der Waals surface area contributed by atoms with Crippen LogP contribution in [0.4, 0.5) is 15.8 Å². The number of anilines is 2. The van der Waals surface area contributed by atoms with Gasteiger partial charge in [-0.15, -0.1) is 0 Å². The molecule has 2 fully saturated rings. The van der Waals surface area contributed by atoms with Crippen LogP contribution in [0.15, 0.2) is 48.5 Å². The van der Waals surface area contributed by atoms with E-state index in [4.69, 9.17) is 0 Å². The highest BCUT2D eigenvalue weighted by molar-refractivity contribution is 5.94. The van der Waals surface area contributed by atoms with E-state index in [2.05, 4.69) is 34.1 Å². The van der Waals surface area contributed by atoms with Gasteiger partial charge in [0.15, 0.2) is 0 Å². The molecule has 0 aliphatic carbocycles. The van der Waals surface area contributed by atoms with Gasteiger partial charge in [0, 0.05) is 56.2 Å². The number of rotatable bonds is 3. The topological polar surface area (TPSA) is 26.8 Å². The summed E-state index contributed by atoms with van der Waals surface area (Å²) in [6, 6.07) is 14.6. The Labute approximate surface area is 160 Å². The molecule has 2 aromatic carbocycles. The Kier molecular flexibility index (Phi) is 5.28. The van der Waals surface area contributed by atoms with Gasteiger partial charge in [-0.1, -0.05) is 0 Å². The lowest BCUT2D eigenvalue weighted by atomic mass is 10.1. The average molecular weight is 367 g/mol. The maximum Gasteiger partial charge on any atom is 0.253 e. The van der Waals surface area contributed by atoms with Gasteiger partial charge in [-0.2, -0.15) is 0 Å². The van der Waals surface area contributed by atoms with Gasteiger partial charge < -0.3 is 14.7 Å². The first kappa shape index (κ1) is 17.8. The van der Waals surface area contributed by atoms with Gasteiger partial charge in [0.05, 0.1) is 0 Å². The summed E-state index contributed by atoms with van der Waals surface area (Å²) in [5, 5.41) is 0. The summed E-state index contributed by atoms with van der Waals surface area (Å²) in [6.07, 6.45) is 3.91. The van der Waals surface area contributed by atoms with Crippen molar-refractivity contribution in [3.8, 4) is 0 Å². The largest absolute Gasteiger partial charge is 0.372 e. The third-order valence-electron chi connectivity index (χ3n) is 5.59. The highest BCUT2D eigenvalue weighted by Crippen LogP contribution is 2.24. The third-order valence-corrected chi connectivity index (χ3v) is 5.59. The van der Waals surface area contributed by atoms with Crippen molar-refractivity contribution in [2.75, 3.05) is 49.1 Å². The molecule has 2 aliphatic heterocycles. The van der Waals surface area contributed by atoms with E-state index < -0.39 is 0 Å². The summed E-state index contributed by atoms with van der Waals surface area (Å²) < 4.78 is 13.0. The number of nitrogens with zero attached hydrogens (tertiary/aromatic N) is 3. The highest BCUT2D eigenvalue weighted by atomic mass is 19.1. The summed E-state index contributed by atoms with van der Waals surface area (Å²) in [4.78, 5) is 19.2. The molecule has 0 aromatic heterocycles. The number of piperidine rings is 1. The van der Waals surface area contributed by atoms with Gasteiger partial charge in [-0.05, 0) is 67.8 Å². The minimum absolute atomic E-state index is 0.0184. The zero-order valence-corrected chi connectivity index (χ0v) is 15.6. The zero-order chi connectivity index (χ0) is 18.6. The van der Waals surface area contributed by atoms with Crippen molar-refractivity contribution in [1.82, 2.24) is 4.90 Å². The van der Waals surface area contributed by atoms with Crippen molar-refractivity contribution in [3.05, 3.63) is 59.9 Å². The number of carbonyl (C=O) groups is 1. The second kappa shape index (κ2) is 7.99. The van der Waals surface area contributed by atoms with E-state index in [-0.39, 0.29) is 11.7 Å². The molecule has 2 aromatic rings. The Hall–Kier alpha value is -2.56. The molecule has 0 atom stereocenters. The predicted molar refractivity (Wildman–Crippen MR) is 107 cm³/mol. The lowest BCUT2D eigenvalue weighted by molar-refractivity contribution is 0.0746. The molecule has 0 bridgehead atoms. The molecule has 0 saturated carbocycles. The van der Waals surface area contributed by atoms with Crippen LogP contribution >= 0.6 is 0 Å². The van der Waals surface area contributed by atoms with Crippen LogP contribution in [-0.4, -0.2) is 50.1 Å². The maximum atomic E-state index is 13.0. The van der Waals surface area contributed by atoms with Crippen molar-refractivity contribution < 1.29 is 9.18 Å². The minimum Gasteiger partial charge on any atom is -0.372 e. The number of hydrogen-bond acceptors (Lipinski definition) is 3. The molecule has 2 aliphatic rings. The van der Waals surface area contributed by atoms with E-state index in [0.717, 1.165) is 26.2 Å². The fraction of sp³-hybridized carbons (Fsp3) is 0.409. The lowest BCUT2D eigenvalue weighted by Gasteiger charge is -2.36. The van der Waals surface area contributed by atoms with Crippen molar-refractivity contribution in [2.45, 2.75) is 19.3 Å². The molecule has 5 heteroatoms. The van der Waals surface area contributed by atoms with Gasteiger partial charge in [0.1, 0.15) is 5.82 Å². The molecule has 27 heavy (non-hydrogen) atoms. The molecular formula is C22H26FN3O. The molecular weight excluding hydrogens is 341 g/mol. The number of amides is 1. The fourth-order valence-corrected chi connectivity index (χ4v) is 3.97. The third kappa shape index (κ3) is 4.07. The SMILES string of the molecule is O=C(c1ccc(F)cc1)N1CCN(c2ccc(N3CCCCC3)cc2)CC1. The van der Waals surface area contributed by atoms with E-state index in [9.17, 15) is 9.18 Å². The molecule has 0 spiro atoms. The van der Waals surface area contributed by atoms with Crippen molar-refractivity contribution >= 4 is 17.3 Å². The second-order valence-electron chi connectivity index (χ2n) is 7.35. The van der Waals surface area contributed by atoms with E-state index in [1.807, 2.05) is 4.90 Å². The minimum atomic E-state index is -0.315. The monoisotopic (exact) mass is 367 g/mol. The normalized spacial score (nSPS) is 17.9. The van der Waals surface area contributed by atoms with Crippen LogP contribution in [-0.2, 0) is 0 Å². The molecule has 0 unspecified atom stereocenters. The standard InChI is InChI=1S/C22H26FN3O/c23-19-6-4-18(5-7-19)22(27)26-16-14-25(15-17-26)21-10-8-20(9-11-21)24-12-2-1-3-13-24/h4-11H,1-3,12-17H2. The summed E-state index contributed by atoms with van der Waals surface area (Å²) in [6.45, 7) is 5.31. The van der Waals surface area contributed by atoms with Gasteiger partial charge >= 0.3 is 0 Å². The summed E-state index contributed by atoms with van der Waals surface area (Å²) in [5.41, 5.74) is 3.07. The van der Waals surface area contributed by atoms with E-state index in [1.54, 1.807) is 12.1 Å². The molecule has 4 nitrogen and oxygen atoms in total. The van der Waals surface area contributed by atoms with Crippen LogP contribution in [0.2, 0.25) is 0 Å². The quantitative estimate of drug-likeness (QED) is 0.826. The molecule has 0 radical (unpaired) electrons. The van der Waals surface area contributed by atoms with Crippen molar-refractivity contribution in [1.29, 1.82) is 0 Å². The number of carbonyl (C=O) groups excluding carboxylic acids is 1. The van der Waals surface area contributed by atoms with Crippen LogP contribution < -0.4 is 9.80 Å². The van der Waals surface area contributed by atoms with Crippen LogP contribution in [0.3, 0.4) is 0 Å². The Morgan fingerprint density at radius 1 is 0.667 bits per heavy atom. The summed E-state index contributed by atoms with van der Waals surface area (Å²) >= 11 is 0. The first-order valence-electron chi connectivity index (χ1n) is 9.85. The smallest absolute Gasteiger partial charge is 0.253 e. The maximum absolute atomic E-state index is 13.0. The Balaban J connectivity index is 1.34. The van der Waals surface area contributed by atoms with Gasteiger partial charge in [0.2, 0.25) is 0 Å². The molecule has 4 rings (SSSR count). The summed E-state index contributed by atoms with van der Waals surface area (Å²) in [5.74, 6) is -0.334. The van der Waals surface area contributed by atoms with Gasteiger partial charge in [-0.25, -0.2) is 4.39 Å². The molecule has 1 amide bonds. The van der Waals surface area contributed by atoms with Crippen molar-refractivity contribution in [3.63, 3.8) is 0 Å². The Bertz CT molecular complexity index is 761. The van der Waals surface area contributed by atoms with Crippen LogP contribution in [0.5, 0.6) is 0 Å². The van der Waals surface area contributed by atoms with Crippen LogP contribution in [0.25, 0.3) is 0 Å². The predicted octanol–water partition coefficient (Wildman–Crippen LogP) is 3.78. The van der Waals surface area contributed by atoms with Crippen LogP contribution in [0, 0.1) is 5.82 Å². The Morgan fingerprint density at radius 3 is 1.74 bits per heavy atom. The highest BCUT2D eigenvalue weighted by Gasteiger charge is 2.22. The van der Waals surface area contributed by atoms with Gasteiger partial charge in [-0.3, -0.25) is 4.79 Å². The molecule has 2 saturated heterocycles. The van der Waals surface area contributed by atoms with E-state index in [0.29, 0.717) is 18.7 Å². The van der Waals surface area contributed by atoms with Crippen LogP contribution in [0.1, 0.15) is 29.6 Å². The Morgan fingerprint density at radius 2 is 1.19 bits per heavy atom. The number of benzene rings is 2. The number of halogens is 1. The zero-order valence-electron chi connectivity index (χ0n) is 15.6. The van der Waals surface area contributed by atoms with Gasteiger partial charge in [0.25, 0.3) is 5.91 Å². The molecule has 142 valence electrons. The first-order chi connectivity index (χ1) is 13.2. The lowest BCUT2D eigenvalue weighted by Crippen LogP contribution is -2.48. The first-order valence-corrected chi connectivity index (χ1v) is 9.85. The number of hydrogen-bond donors (Lipinski definition) is 0. The molecule has 0 N–H and O–H groups in total. The second-order valence-corrected chi connectivity index (χ2v) is 7.35. The average Bonchev–Trinajstić information content (AvgIpc) is 2.75.